The van der Waals surface area contributed by atoms with Gasteiger partial charge in [-0.05, 0) is 18.1 Å². The second-order valence-electron chi connectivity index (χ2n) is 6.34. The van der Waals surface area contributed by atoms with Crippen molar-refractivity contribution < 1.29 is 13.9 Å². The van der Waals surface area contributed by atoms with Gasteiger partial charge >= 0.3 is 0 Å². The zero-order valence-electron chi connectivity index (χ0n) is 16.2. The second kappa shape index (κ2) is 10.3. The number of ether oxygens (including phenoxy) is 1. The number of benzene rings is 2. The zero-order valence-corrected chi connectivity index (χ0v) is 16.2. The van der Waals surface area contributed by atoms with Gasteiger partial charge in [-0.1, -0.05) is 48.5 Å². The first-order valence-corrected chi connectivity index (χ1v) is 9.36. The van der Waals surface area contributed by atoms with E-state index >= 15 is 0 Å². The summed E-state index contributed by atoms with van der Waals surface area (Å²) in [7, 11) is 1.62. The first-order chi connectivity index (χ1) is 14.2. The van der Waals surface area contributed by atoms with Crippen LogP contribution in [0.1, 0.15) is 16.1 Å². The molecule has 1 aromatic heterocycles. The topological polar surface area (TPSA) is 76.1 Å². The normalized spacial score (nSPS) is 10.6. The molecule has 0 unspecified atom stereocenters. The molecule has 0 radical (unpaired) electrons. The average molecular weight is 394 g/mol. The van der Waals surface area contributed by atoms with Crippen molar-refractivity contribution in [2.24, 2.45) is 0 Å². The van der Waals surface area contributed by atoms with Gasteiger partial charge in [-0.2, -0.15) is 0 Å². The lowest BCUT2D eigenvalue weighted by molar-refractivity contribution is 0.0949. The Labute approximate surface area is 169 Å². The van der Waals surface area contributed by atoms with Gasteiger partial charge in [0.2, 0.25) is 0 Å². The van der Waals surface area contributed by atoms with Gasteiger partial charge in [0.25, 0.3) is 5.91 Å². The van der Waals surface area contributed by atoms with E-state index in [1.165, 1.54) is 6.07 Å². The highest BCUT2D eigenvalue weighted by Gasteiger charge is 2.13. The van der Waals surface area contributed by atoms with E-state index in [0.29, 0.717) is 43.3 Å². The van der Waals surface area contributed by atoms with Crippen LogP contribution in [-0.2, 0) is 11.2 Å². The minimum absolute atomic E-state index is 0.243. The number of hydrogen-bond acceptors (Lipinski definition) is 5. The van der Waals surface area contributed by atoms with Crippen molar-refractivity contribution >= 4 is 11.7 Å². The summed E-state index contributed by atoms with van der Waals surface area (Å²) in [5, 5.41) is 5.93. The Hall–Kier alpha value is -3.32. The summed E-state index contributed by atoms with van der Waals surface area (Å²) in [6.45, 7) is 1.36. The monoisotopic (exact) mass is 394 g/mol. The van der Waals surface area contributed by atoms with Crippen molar-refractivity contribution in [1.82, 2.24) is 15.3 Å². The Balaban J connectivity index is 1.74. The molecule has 0 fully saturated rings. The fourth-order valence-corrected chi connectivity index (χ4v) is 2.75. The van der Waals surface area contributed by atoms with Gasteiger partial charge in [0.15, 0.2) is 5.82 Å². The Morgan fingerprint density at radius 3 is 2.55 bits per heavy atom. The average Bonchev–Trinajstić information content (AvgIpc) is 2.75. The molecule has 0 spiro atoms. The number of carbonyl (C=O) groups excluding carboxylic acids is 1. The summed E-state index contributed by atoms with van der Waals surface area (Å²) in [5.74, 6) is 0.373. The van der Waals surface area contributed by atoms with Crippen LogP contribution >= 0.6 is 0 Å². The van der Waals surface area contributed by atoms with E-state index in [9.17, 15) is 9.18 Å². The molecule has 3 rings (SSSR count). The first kappa shape index (κ1) is 20.4. The SMILES string of the molecule is COCCNc1cc(C(=O)NCCc2ccccc2F)nc(-c2ccccc2)n1. The van der Waals surface area contributed by atoms with Crippen LogP contribution in [0.5, 0.6) is 0 Å². The van der Waals surface area contributed by atoms with Crippen molar-refractivity contribution in [3.63, 3.8) is 0 Å². The fourth-order valence-electron chi connectivity index (χ4n) is 2.75. The van der Waals surface area contributed by atoms with Crippen LogP contribution < -0.4 is 10.6 Å². The largest absolute Gasteiger partial charge is 0.383 e. The molecule has 3 aromatic rings. The number of methoxy groups -OCH3 is 1. The lowest BCUT2D eigenvalue weighted by Crippen LogP contribution is -2.27. The Morgan fingerprint density at radius 2 is 1.79 bits per heavy atom. The molecule has 150 valence electrons. The zero-order chi connectivity index (χ0) is 20.5. The molecule has 0 saturated heterocycles. The van der Waals surface area contributed by atoms with E-state index in [1.807, 2.05) is 30.3 Å². The molecular formula is C22H23FN4O2. The molecule has 0 aliphatic rings. The first-order valence-electron chi connectivity index (χ1n) is 9.36. The smallest absolute Gasteiger partial charge is 0.270 e. The van der Waals surface area contributed by atoms with Gasteiger partial charge < -0.3 is 15.4 Å². The van der Waals surface area contributed by atoms with E-state index in [1.54, 1.807) is 31.4 Å². The number of nitrogens with zero attached hydrogens (tertiary/aromatic N) is 2. The Morgan fingerprint density at radius 1 is 1.03 bits per heavy atom. The summed E-state index contributed by atoms with van der Waals surface area (Å²) in [6.07, 6.45) is 0.397. The van der Waals surface area contributed by atoms with Crippen LogP contribution in [0, 0.1) is 5.82 Å². The third-order valence-corrected chi connectivity index (χ3v) is 4.24. The molecule has 2 aromatic carbocycles. The summed E-state index contributed by atoms with van der Waals surface area (Å²) in [4.78, 5) is 21.5. The predicted molar refractivity (Wildman–Crippen MR) is 110 cm³/mol. The number of hydrogen-bond donors (Lipinski definition) is 2. The van der Waals surface area contributed by atoms with Crippen LogP contribution in [-0.4, -0.2) is 42.7 Å². The Bertz CT molecular complexity index is 951. The maximum Gasteiger partial charge on any atom is 0.270 e. The molecule has 1 heterocycles. The molecular weight excluding hydrogens is 371 g/mol. The summed E-state index contributed by atoms with van der Waals surface area (Å²) in [5.41, 5.74) is 1.61. The van der Waals surface area contributed by atoms with Crippen molar-refractivity contribution in [2.75, 3.05) is 32.1 Å². The van der Waals surface area contributed by atoms with E-state index in [4.69, 9.17) is 4.74 Å². The van der Waals surface area contributed by atoms with Crippen molar-refractivity contribution in [2.45, 2.75) is 6.42 Å². The van der Waals surface area contributed by atoms with Crippen LogP contribution in [0.2, 0.25) is 0 Å². The second-order valence-corrected chi connectivity index (χ2v) is 6.34. The van der Waals surface area contributed by atoms with Crippen molar-refractivity contribution in [3.05, 3.63) is 77.7 Å². The third-order valence-electron chi connectivity index (χ3n) is 4.24. The molecule has 1 amide bonds. The van der Waals surface area contributed by atoms with Crippen LogP contribution in [0.15, 0.2) is 60.7 Å². The molecule has 0 saturated carbocycles. The van der Waals surface area contributed by atoms with Gasteiger partial charge in [-0.15, -0.1) is 0 Å². The highest BCUT2D eigenvalue weighted by atomic mass is 19.1. The Kier molecular flexibility index (Phi) is 7.24. The lowest BCUT2D eigenvalue weighted by Gasteiger charge is -2.11. The molecule has 0 aliphatic carbocycles. The number of halogens is 1. The maximum atomic E-state index is 13.7. The predicted octanol–water partition coefficient (Wildman–Crippen LogP) is 3.31. The standard InChI is InChI=1S/C22H23FN4O2/c1-29-14-13-24-20-15-19(26-21(27-20)17-8-3-2-4-9-17)22(28)25-12-11-16-7-5-6-10-18(16)23/h2-10,15H,11-14H2,1H3,(H,25,28)(H,24,26,27). The number of amides is 1. The van der Waals surface area contributed by atoms with Crippen molar-refractivity contribution in [1.29, 1.82) is 0 Å². The van der Waals surface area contributed by atoms with Gasteiger partial charge in [0.05, 0.1) is 6.61 Å². The summed E-state index contributed by atoms with van der Waals surface area (Å²) >= 11 is 0. The molecule has 0 aliphatic heterocycles. The highest BCUT2D eigenvalue weighted by Crippen LogP contribution is 2.18. The number of nitrogens with one attached hydrogen (secondary N) is 2. The minimum Gasteiger partial charge on any atom is -0.383 e. The number of aromatic nitrogens is 2. The highest BCUT2D eigenvalue weighted by molar-refractivity contribution is 5.93. The van der Waals surface area contributed by atoms with Crippen molar-refractivity contribution in [3.8, 4) is 11.4 Å². The number of anilines is 1. The van der Waals surface area contributed by atoms with E-state index in [2.05, 4.69) is 20.6 Å². The molecule has 6 nitrogen and oxygen atoms in total. The molecule has 0 bridgehead atoms. The van der Waals surface area contributed by atoms with Crippen LogP contribution in [0.3, 0.4) is 0 Å². The number of rotatable bonds is 9. The van der Waals surface area contributed by atoms with Gasteiger partial charge in [0, 0.05) is 31.8 Å². The molecule has 0 atom stereocenters. The minimum atomic E-state index is -0.337. The summed E-state index contributed by atoms with van der Waals surface area (Å²) < 4.78 is 18.8. The quantitative estimate of drug-likeness (QED) is 0.545. The van der Waals surface area contributed by atoms with E-state index in [-0.39, 0.29) is 17.4 Å². The van der Waals surface area contributed by atoms with Gasteiger partial charge in [-0.3, -0.25) is 4.79 Å². The summed E-state index contributed by atoms with van der Waals surface area (Å²) in [6, 6.07) is 17.6. The molecule has 29 heavy (non-hydrogen) atoms. The fraction of sp³-hybridized carbons (Fsp3) is 0.227. The molecule has 7 heteroatoms. The molecule has 2 N–H and O–H groups in total. The van der Waals surface area contributed by atoms with E-state index < -0.39 is 0 Å². The van der Waals surface area contributed by atoms with E-state index in [0.717, 1.165) is 5.56 Å². The number of carbonyl (C=O) groups is 1. The third kappa shape index (κ3) is 5.83. The van der Waals surface area contributed by atoms with Gasteiger partial charge in [-0.25, -0.2) is 14.4 Å². The van der Waals surface area contributed by atoms with Crippen LogP contribution in [0.25, 0.3) is 11.4 Å². The maximum absolute atomic E-state index is 13.7. The van der Waals surface area contributed by atoms with Gasteiger partial charge in [0.1, 0.15) is 17.3 Å². The van der Waals surface area contributed by atoms with Crippen LogP contribution in [0.4, 0.5) is 10.2 Å². The lowest BCUT2D eigenvalue weighted by atomic mass is 10.1.